The minimum absolute atomic E-state index is 0.0778. The van der Waals surface area contributed by atoms with E-state index in [2.05, 4.69) is 0 Å². The summed E-state index contributed by atoms with van der Waals surface area (Å²) in [4.78, 5) is 12.5. The molecule has 1 aliphatic carbocycles. The van der Waals surface area contributed by atoms with Gasteiger partial charge in [0.1, 0.15) is 0 Å². The van der Waals surface area contributed by atoms with E-state index in [1.807, 2.05) is 37.3 Å². The monoisotopic (exact) mass is 416 g/mol. The van der Waals surface area contributed by atoms with Crippen molar-refractivity contribution in [3.8, 4) is 0 Å². The first-order valence-electron chi connectivity index (χ1n) is 9.91. The standard InChI is InChI=1S/C22H28N2O4S/c1-3-28-22(25)24(29(26,27)19-11-9-16(2)10-12-19)14-13-18-15-20(18)21(23)17-7-5-4-6-8-17/h4-12,18,20-21H,3,13-15,23H2,1-2H3/t18?,20?,21-/m0/s1. The Hall–Kier alpha value is -2.38. The third kappa shape index (κ3) is 4.97. The largest absolute Gasteiger partial charge is 0.449 e. The van der Waals surface area contributed by atoms with Crippen LogP contribution in [-0.2, 0) is 14.8 Å². The van der Waals surface area contributed by atoms with E-state index >= 15 is 0 Å². The molecule has 2 aromatic carbocycles. The average Bonchev–Trinajstić information content (AvgIpc) is 3.48. The molecule has 7 heteroatoms. The van der Waals surface area contributed by atoms with Gasteiger partial charge in [0.25, 0.3) is 10.0 Å². The van der Waals surface area contributed by atoms with Crippen LogP contribution >= 0.6 is 0 Å². The van der Waals surface area contributed by atoms with E-state index in [0.29, 0.717) is 12.3 Å². The zero-order valence-corrected chi connectivity index (χ0v) is 17.6. The molecule has 0 aliphatic heterocycles. The van der Waals surface area contributed by atoms with E-state index in [4.69, 9.17) is 10.5 Å². The molecule has 156 valence electrons. The van der Waals surface area contributed by atoms with E-state index in [-0.39, 0.29) is 30.0 Å². The number of nitrogens with zero attached hydrogens (tertiary/aromatic N) is 1. The number of carbonyl (C=O) groups excluding carboxylic acids is 1. The van der Waals surface area contributed by atoms with Gasteiger partial charge < -0.3 is 10.5 Å². The van der Waals surface area contributed by atoms with Crippen molar-refractivity contribution in [1.29, 1.82) is 0 Å². The number of rotatable bonds is 8. The van der Waals surface area contributed by atoms with Crippen LogP contribution in [-0.4, -0.2) is 32.0 Å². The van der Waals surface area contributed by atoms with E-state index in [0.717, 1.165) is 21.9 Å². The van der Waals surface area contributed by atoms with Gasteiger partial charge in [-0.15, -0.1) is 0 Å². The van der Waals surface area contributed by atoms with Gasteiger partial charge in [0.2, 0.25) is 0 Å². The first-order chi connectivity index (χ1) is 13.8. The number of hydrogen-bond acceptors (Lipinski definition) is 5. The quantitative estimate of drug-likeness (QED) is 0.706. The third-order valence-corrected chi connectivity index (χ3v) is 7.19. The number of sulfonamides is 1. The minimum Gasteiger partial charge on any atom is -0.449 e. The lowest BCUT2D eigenvalue weighted by Crippen LogP contribution is -2.38. The first-order valence-corrected chi connectivity index (χ1v) is 11.3. The highest BCUT2D eigenvalue weighted by Crippen LogP contribution is 2.48. The first kappa shape index (κ1) is 21.3. The number of nitrogens with two attached hydrogens (primary N) is 1. The molecule has 0 bridgehead atoms. The Bertz CT molecular complexity index is 929. The van der Waals surface area contributed by atoms with Gasteiger partial charge in [-0.25, -0.2) is 17.5 Å². The summed E-state index contributed by atoms with van der Waals surface area (Å²) in [5.74, 6) is 0.582. The number of carbonyl (C=O) groups is 1. The van der Waals surface area contributed by atoms with Crippen LogP contribution in [0.15, 0.2) is 59.5 Å². The fraction of sp³-hybridized carbons (Fsp3) is 0.409. The second-order valence-electron chi connectivity index (χ2n) is 7.47. The van der Waals surface area contributed by atoms with Crippen LogP contribution in [0.25, 0.3) is 0 Å². The zero-order chi connectivity index (χ0) is 21.0. The molecule has 0 heterocycles. The molecule has 0 saturated heterocycles. The summed E-state index contributed by atoms with van der Waals surface area (Å²) in [6.07, 6.45) is 0.657. The van der Waals surface area contributed by atoms with Gasteiger partial charge in [-0.1, -0.05) is 48.0 Å². The fourth-order valence-corrected chi connectivity index (χ4v) is 4.92. The molecule has 6 nitrogen and oxygen atoms in total. The normalized spacial score (nSPS) is 19.4. The van der Waals surface area contributed by atoms with E-state index in [9.17, 15) is 13.2 Å². The van der Waals surface area contributed by atoms with E-state index < -0.39 is 16.1 Å². The molecule has 2 unspecified atom stereocenters. The van der Waals surface area contributed by atoms with Crippen molar-refractivity contribution in [1.82, 2.24) is 4.31 Å². The number of amides is 1. The van der Waals surface area contributed by atoms with Crippen molar-refractivity contribution in [3.05, 3.63) is 65.7 Å². The number of ether oxygens (including phenoxy) is 1. The lowest BCUT2D eigenvalue weighted by molar-refractivity contribution is 0.130. The smallest absolute Gasteiger partial charge is 0.423 e. The van der Waals surface area contributed by atoms with Crippen molar-refractivity contribution in [3.63, 3.8) is 0 Å². The average molecular weight is 417 g/mol. The minimum atomic E-state index is -3.97. The summed E-state index contributed by atoms with van der Waals surface area (Å²) in [5.41, 5.74) is 8.40. The summed E-state index contributed by atoms with van der Waals surface area (Å²) in [5, 5.41) is 0. The number of benzene rings is 2. The molecular formula is C22H28N2O4S. The number of aryl methyl sites for hydroxylation is 1. The van der Waals surface area contributed by atoms with Gasteiger partial charge in [-0.3, -0.25) is 0 Å². The van der Waals surface area contributed by atoms with Gasteiger partial charge in [0.05, 0.1) is 11.5 Å². The topological polar surface area (TPSA) is 89.7 Å². The maximum absolute atomic E-state index is 13.0. The van der Waals surface area contributed by atoms with Crippen LogP contribution in [0.4, 0.5) is 4.79 Å². The van der Waals surface area contributed by atoms with Gasteiger partial charge in [0, 0.05) is 12.6 Å². The van der Waals surface area contributed by atoms with Crippen molar-refractivity contribution < 1.29 is 17.9 Å². The maximum atomic E-state index is 13.0. The van der Waals surface area contributed by atoms with Gasteiger partial charge in [0.15, 0.2) is 0 Å². The molecule has 3 rings (SSSR count). The Balaban J connectivity index is 1.69. The molecule has 0 radical (unpaired) electrons. The molecule has 2 aromatic rings. The maximum Gasteiger partial charge on any atom is 0.423 e. The van der Waals surface area contributed by atoms with Crippen molar-refractivity contribution in [2.24, 2.45) is 17.6 Å². The molecular weight excluding hydrogens is 388 g/mol. The lowest BCUT2D eigenvalue weighted by Gasteiger charge is -2.22. The van der Waals surface area contributed by atoms with Gasteiger partial charge in [-0.2, -0.15) is 0 Å². The SMILES string of the molecule is CCOC(=O)N(CCC1CC1[C@@H](N)c1ccccc1)S(=O)(=O)c1ccc(C)cc1. The molecule has 1 amide bonds. The summed E-state index contributed by atoms with van der Waals surface area (Å²) in [6, 6.07) is 16.3. The van der Waals surface area contributed by atoms with Crippen LogP contribution in [0.2, 0.25) is 0 Å². The second kappa shape index (κ2) is 8.97. The van der Waals surface area contributed by atoms with Crippen LogP contribution in [0, 0.1) is 18.8 Å². The van der Waals surface area contributed by atoms with Crippen molar-refractivity contribution in [2.75, 3.05) is 13.2 Å². The second-order valence-corrected chi connectivity index (χ2v) is 9.34. The fourth-order valence-electron chi connectivity index (χ4n) is 3.59. The van der Waals surface area contributed by atoms with Crippen LogP contribution in [0.1, 0.15) is 36.9 Å². The zero-order valence-electron chi connectivity index (χ0n) is 16.8. The predicted molar refractivity (Wildman–Crippen MR) is 112 cm³/mol. The Morgan fingerprint density at radius 2 is 1.83 bits per heavy atom. The Morgan fingerprint density at radius 1 is 1.17 bits per heavy atom. The van der Waals surface area contributed by atoms with Crippen molar-refractivity contribution in [2.45, 2.75) is 37.6 Å². The Labute approximate surface area is 172 Å². The summed E-state index contributed by atoms with van der Waals surface area (Å²) in [7, 11) is -3.97. The Morgan fingerprint density at radius 3 is 2.45 bits per heavy atom. The van der Waals surface area contributed by atoms with Crippen LogP contribution < -0.4 is 5.73 Å². The van der Waals surface area contributed by atoms with Crippen molar-refractivity contribution >= 4 is 16.1 Å². The molecule has 1 saturated carbocycles. The molecule has 1 fully saturated rings. The summed E-state index contributed by atoms with van der Waals surface area (Å²) >= 11 is 0. The van der Waals surface area contributed by atoms with E-state index in [1.165, 1.54) is 12.1 Å². The van der Waals surface area contributed by atoms with Crippen LogP contribution in [0.5, 0.6) is 0 Å². The molecule has 1 aliphatic rings. The molecule has 29 heavy (non-hydrogen) atoms. The summed E-state index contributed by atoms with van der Waals surface area (Å²) in [6.45, 7) is 3.73. The summed E-state index contributed by atoms with van der Waals surface area (Å²) < 4.78 is 31.9. The highest BCUT2D eigenvalue weighted by atomic mass is 32.2. The highest BCUT2D eigenvalue weighted by molar-refractivity contribution is 7.89. The van der Waals surface area contributed by atoms with Gasteiger partial charge >= 0.3 is 6.09 Å². The predicted octanol–water partition coefficient (Wildman–Crippen LogP) is 3.87. The molecule has 0 aromatic heterocycles. The van der Waals surface area contributed by atoms with E-state index in [1.54, 1.807) is 19.1 Å². The highest BCUT2D eigenvalue weighted by Gasteiger charge is 2.43. The van der Waals surface area contributed by atoms with Crippen LogP contribution in [0.3, 0.4) is 0 Å². The number of hydrogen-bond donors (Lipinski definition) is 1. The molecule has 2 N–H and O–H groups in total. The third-order valence-electron chi connectivity index (χ3n) is 5.41. The molecule has 3 atom stereocenters. The van der Waals surface area contributed by atoms with Gasteiger partial charge in [-0.05, 0) is 56.2 Å². The lowest BCUT2D eigenvalue weighted by atomic mass is 10.0. The molecule has 0 spiro atoms. The Kier molecular flexibility index (Phi) is 6.59.